The van der Waals surface area contributed by atoms with Crippen molar-refractivity contribution in [2.75, 3.05) is 40.4 Å². The lowest BCUT2D eigenvalue weighted by Crippen LogP contribution is -2.42. The van der Waals surface area contributed by atoms with E-state index >= 15 is 0 Å². The molecule has 1 aromatic rings. The maximum atomic E-state index is 12.8. The van der Waals surface area contributed by atoms with Gasteiger partial charge in [0, 0.05) is 31.6 Å². The molecule has 2 heterocycles. The number of carbonyl (C=O) groups is 1. The van der Waals surface area contributed by atoms with Crippen molar-refractivity contribution in [1.29, 1.82) is 0 Å². The van der Waals surface area contributed by atoms with Crippen molar-refractivity contribution in [3.63, 3.8) is 0 Å². The minimum Gasteiger partial charge on any atom is -0.497 e. The van der Waals surface area contributed by atoms with Crippen LogP contribution in [-0.2, 0) is 11.2 Å². The third-order valence-electron chi connectivity index (χ3n) is 5.40. The van der Waals surface area contributed by atoms with E-state index in [-0.39, 0.29) is 5.91 Å². The van der Waals surface area contributed by atoms with Crippen LogP contribution in [0.3, 0.4) is 0 Å². The maximum absolute atomic E-state index is 12.8. The Bertz CT molecular complexity index is 562. The highest BCUT2D eigenvalue weighted by molar-refractivity contribution is 5.77. The molecule has 0 unspecified atom stereocenters. The van der Waals surface area contributed by atoms with Crippen LogP contribution < -0.4 is 9.47 Å². The van der Waals surface area contributed by atoms with Gasteiger partial charge in [-0.05, 0) is 62.9 Å². The van der Waals surface area contributed by atoms with Crippen molar-refractivity contribution >= 4 is 5.91 Å². The van der Waals surface area contributed by atoms with Crippen LogP contribution in [0.1, 0.15) is 37.7 Å². The van der Waals surface area contributed by atoms with Gasteiger partial charge in [0.1, 0.15) is 11.5 Å². The Morgan fingerprint density at radius 2 is 1.72 bits per heavy atom. The minimum atomic E-state index is 0.281. The van der Waals surface area contributed by atoms with E-state index in [0.29, 0.717) is 12.5 Å². The normalized spacial score (nSPS) is 20.9. The predicted octanol–water partition coefficient (Wildman–Crippen LogP) is 2.72. The van der Waals surface area contributed by atoms with E-state index in [9.17, 15) is 4.79 Å². The second kappa shape index (κ2) is 8.56. The highest BCUT2D eigenvalue weighted by Gasteiger charge is 2.30. The molecule has 3 rings (SSSR count). The highest BCUT2D eigenvalue weighted by Crippen LogP contribution is 2.25. The molecule has 2 saturated heterocycles. The van der Waals surface area contributed by atoms with E-state index in [4.69, 9.17) is 9.47 Å². The molecule has 0 radical (unpaired) electrons. The summed E-state index contributed by atoms with van der Waals surface area (Å²) >= 11 is 0. The number of aryl methyl sites for hydroxylation is 1. The SMILES string of the molecule is COc1cc(CCC(=O)N2CCC[C@@H]2CN2CCCC2)cc(OC)c1. The Kier molecular flexibility index (Phi) is 6.19. The smallest absolute Gasteiger partial charge is 0.223 e. The van der Waals surface area contributed by atoms with Gasteiger partial charge in [-0.25, -0.2) is 0 Å². The minimum absolute atomic E-state index is 0.281. The number of hydrogen-bond acceptors (Lipinski definition) is 4. The number of amides is 1. The van der Waals surface area contributed by atoms with Gasteiger partial charge in [-0.3, -0.25) is 4.79 Å². The average Bonchev–Trinajstić information content (AvgIpc) is 3.31. The zero-order valence-electron chi connectivity index (χ0n) is 15.5. The van der Waals surface area contributed by atoms with E-state index in [1.807, 2.05) is 18.2 Å². The molecular weight excluding hydrogens is 316 g/mol. The quantitative estimate of drug-likeness (QED) is 0.761. The lowest BCUT2D eigenvalue weighted by Gasteiger charge is -2.28. The van der Waals surface area contributed by atoms with Crippen molar-refractivity contribution in [2.45, 2.75) is 44.6 Å². The Balaban J connectivity index is 1.56. The zero-order valence-corrected chi connectivity index (χ0v) is 15.5. The lowest BCUT2D eigenvalue weighted by atomic mass is 10.1. The molecule has 0 N–H and O–H groups in total. The van der Waals surface area contributed by atoms with Crippen molar-refractivity contribution in [3.05, 3.63) is 23.8 Å². The first-order valence-corrected chi connectivity index (χ1v) is 9.43. The number of methoxy groups -OCH3 is 2. The van der Waals surface area contributed by atoms with Crippen LogP contribution in [0.15, 0.2) is 18.2 Å². The lowest BCUT2D eigenvalue weighted by molar-refractivity contribution is -0.132. The number of likely N-dealkylation sites (tertiary alicyclic amines) is 2. The molecular formula is C20H30N2O3. The molecule has 0 aliphatic carbocycles. The van der Waals surface area contributed by atoms with Gasteiger partial charge >= 0.3 is 0 Å². The number of ether oxygens (including phenoxy) is 2. The van der Waals surface area contributed by atoms with E-state index in [0.717, 1.165) is 49.4 Å². The summed E-state index contributed by atoms with van der Waals surface area (Å²) in [5.41, 5.74) is 1.08. The zero-order chi connectivity index (χ0) is 17.6. The summed E-state index contributed by atoms with van der Waals surface area (Å²) in [7, 11) is 3.30. The topological polar surface area (TPSA) is 42.0 Å². The molecule has 0 bridgehead atoms. The van der Waals surface area contributed by atoms with E-state index in [2.05, 4.69) is 9.80 Å². The molecule has 2 fully saturated rings. The largest absolute Gasteiger partial charge is 0.497 e. The number of carbonyl (C=O) groups excluding carboxylic acids is 1. The molecule has 2 aliphatic rings. The third kappa shape index (κ3) is 4.66. The summed E-state index contributed by atoms with van der Waals surface area (Å²) < 4.78 is 10.6. The summed E-state index contributed by atoms with van der Waals surface area (Å²) in [4.78, 5) is 17.4. The fraction of sp³-hybridized carbons (Fsp3) is 0.650. The first kappa shape index (κ1) is 18.1. The van der Waals surface area contributed by atoms with Gasteiger partial charge < -0.3 is 19.3 Å². The van der Waals surface area contributed by atoms with E-state index < -0.39 is 0 Å². The number of benzene rings is 1. The fourth-order valence-electron chi connectivity index (χ4n) is 4.02. The number of rotatable bonds is 7. The van der Waals surface area contributed by atoms with Crippen LogP contribution in [0, 0.1) is 0 Å². The molecule has 0 aromatic heterocycles. The van der Waals surface area contributed by atoms with Crippen LogP contribution in [0.4, 0.5) is 0 Å². The molecule has 1 aromatic carbocycles. The summed E-state index contributed by atoms with van der Waals surface area (Å²) in [5.74, 6) is 1.83. The van der Waals surface area contributed by atoms with E-state index in [1.54, 1.807) is 14.2 Å². The summed E-state index contributed by atoms with van der Waals surface area (Å²) in [6.07, 6.45) is 6.16. The van der Waals surface area contributed by atoms with Gasteiger partial charge in [0.05, 0.1) is 14.2 Å². The molecule has 1 atom stereocenters. The first-order valence-electron chi connectivity index (χ1n) is 9.43. The second-order valence-corrected chi connectivity index (χ2v) is 7.11. The monoisotopic (exact) mass is 346 g/mol. The average molecular weight is 346 g/mol. The van der Waals surface area contributed by atoms with Crippen molar-refractivity contribution in [2.24, 2.45) is 0 Å². The summed E-state index contributed by atoms with van der Waals surface area (Å²) in [6.45, 7) is 4.36. The third-order valence-corrected chi connectivity index (χ3v) is 5.40. The van der Waals surface area contributed by atoms with Gasteiger partial charge in [0.2, 0.25) is 5.91 Å². The highest BCUT2D eigenvalue weighted by atomic mass is 16.5. The summed E-state index contributed by atoms with van der Waals surface area (Å²) in [5, 5.41) is 0. The molecule has 0 spiro atoms. The first-order chi connectivity index (χ1) is 12.2. The summed E-state index contributed by atoms with van der Waals surface area (Å²) in [6, 6.07) is 6.24. The molecule has 5 nitrogen and oxygen atoms in total. The van der Waals surface area contributed by atoms with Gasteiger partial charge in [0.25, 0.3) is 0 Å². The van der Waals surface area contributed by atoms with Crippen LogP contribution in [0.5, 0.6) is 11.5 Å². The van der Waals surface area contributed by atoms with Gasteiger partial charge in [-0.2, -0.15) is 0 Å². The van der Waals surface area contributed by atoms with Crippen molar-refractivity contribution in [1.82, 2.24) is 9.80 Å². The molecule has 25 heavy (non-hydrogen) atoms. The Morgan fingerprint density at radius 1 is 1.04 bits per heavy atom. The standard InChI is InChI=1S/C20H30N2O3/c1-24-18-12-16(13-19(14-18)25-2)7-8-20(23)22-11-5-6-17(22)15-21-9-3-4-10-21/h12-14,17H,3-11,15H2,1-2H3/t17-/m1/s1. The molecule has 1 amide bonds. The van der Waals surface area contributed by atoms with Crippen molar-refractivity contribution in [3.8, 4) is 11.5 Å². The Morgan fingerprint density at radius 3 is 2.36 bits per heavy atom. The van der Waals surface area contributed by atoms with E-state index in [1.165, 1.54) is 25.9 Å². The van der Waals surface area contributed by atoms with Gasteiger partial charge in [0.15, 0.2) is 0 Å². The van der Waals surface area contributed by atoms with Gasteiger partial charge in [-0.15, -0.1) is 0 Å². The maximum Gasteiger partial charge on any atom is 0.223 e. The predicted molar refractivity (Wildman–Crippen MR) is 98.3 cm³/mol. The second-order valence-electron chi connectivity index (χ2n) is 7.11. The van der Waals surface area contributed by atoms with Crippen molar-refractivity contribution < 1.29 is 14.3 Å². The number of hydrogen-bond donors (Lipinski definition) is 0. The molecule has 5 heteroatoms. The van der Waals surface area contributed by atoms with Crippen LogP contribution in [-0.4, -0.2) is 62.1 Å². The molecule has 2 aliphatic heterocycles. The molecule has 138 valence electrons. The Hall–Kier alpha value is -1.75. The Labute approximate surface area is 150 Å². The van der Waals surface area contributed by atoms with Crippen LogP contribution in [0.2, 0.25) is 0 Å². The van der Waals surface area contributed by atoms with Crippen LogP contribution in [0.25, 0.3) is 0 Å². The number of nitrogens with zero attached hydrogens (tertiary/aromatic N) is 2. The van der Waals surface area contributed by atoms with Gasteiger partial charge in [-0.1, -0.05) is 0 Å². The fourth-order valence-corrected chi connectivity index (χ4v) is 4.02. The molecule has 0 saturated carbocycles. The van der Waals surface area contributed by atoms with Crippen LogP contribution >= 0.6 is 0 Å².